The molecule has 1 rings (SSSR count). The summed E-state index contributed by atoms with van der Waals surface area (Å²) in [5, 5.41) is 17.8. The molecule has 1 aliphatic heterocycles. The molecule has 1 unspecified atom stereocenters. The molecule has 0 aromatic carbocycles. The lowest BCUT2D eigenvalue weighted by molar-refractivity contribution is -0.205. The Kier molecular flexibility index (Phi) is 2.69. The molecule has 5 nitrogen and oxygen atoms in total. The van der Waals surface area contributed by atoms with Crippen LogP contribution in [-0.2, 0) is 9.59 Å². The number of aliphatic hydroxyl groups is 1. The van der Waals surface area contributed by atoms with Crippen LogP contribution in [0.25, 0.3) is 0 Å². The van der Waals surface area contributed by atoms with Gasteiger partial charge >= 0.3 is 11.9 Å². The SMILES string of the molecule is CC(=O)N1CCC(O)(C(F)(F)C(=O)O)C1. The van der Waals surface area contributed by atoms with Crippen molar-refractivity contribution in [3.63, 3.8) is 0 Å². The topological polar surface area (TPSA) is 77.8 Å². The number of carboxylic acid groups (broad SMARTS) is 1. The quantitative estimate of drug-likeness (QED) is 0.673. The molecule has 1 heterocycles. The number of hydrogen-bond acceptors (Lipinski definition) is 3. The number of β-amino-alcohol motifs (C(OH)–C–C–N with tert-alkyl or cyclic N) is 1. The Morgan fingerprint density at radius 3 is 2.33 bits per heavy atom. The highest BCUT2D eigenvalue weighted by atomic mass is 19.3. The summed E-state index contributed by atoms with van der Waals surface area (Å²) in [7, 11) is 0. The summed E-state index contributed by atoms with van der Waals surface area (Å²) in [5.74, 6) is -7.08. The first-order valence-electron chi connectivity index (χ1n) is 4.30. The fraction of sp³-hybridized carbons (Fsp3) is 0.750. The number of carbonyl (C=O) groups is 2. The van der Waals surface area contributed by atoms with Crippen molar-refractivity contribution >= 4 is 11.9 Å². The molecular weight excluding hydrogens is 212 g/mol. The van der Waals surface area contributed by atoms with Crippen molar-refractivity contribution in [2.45, 2.75) is 24.9 Å². The molecule has 2 N–H and O–H groups in total. The van der Waals surface area contributed by atoms with E-state index in [1.807, 2.05) is 0 Å². The van der Waals surface area contributed by atoms with Crippen molar-refractivity contribution in [3.8, 4) is 0 Å². The second kappa shape index (κ2) is 3.41. The third kappa shape index (κ3) is 1.79. The molecule has 86 valence electrons. The minimum Gasteiger partial charge on any atom is -0.477 e. The number of rotatable bonds is 2. The predicted octanol–water partition coefficient (Wildman–Crippen LogP) is -0.310. The normalized spacial score (nSPS) is 26.8. The van der Waals surface area contributed by atoms with Gasteiger partial charge in [-0.1, -0.05) is 0 Å². The van der Waals surface area contributed by atoms with E-state index in [4.69, 9.17) is 5.11 Å². The van der Waals surface area contributed by atoms with Crippen molar-refractivity contribution in [1.82, 2.24) is 4.90 Å². The summed E-state index contributed by atoms with van der Waals surface area (Å²) in [6.45, 7) is 0.459. The molecule has 0 saturated carbocycles. The molecule has 0 bridgehead atoms. The maximum Gasteiger partial charge on any atom is 0.377 e. The van der Waals surface area contributed by atoms with Crippen LogP contribution in [0.15, 0.2) is 0 Å². The third-order valence-corrected chi connectivity index (χ3v) is 2.55. The van der Waals surface area contributed by atoms with Gasteiger partial charge in [0.1, 0.15) is 0 Å². The summed E-state index contributed by atoms with van der Waals surface area (Å²) < 4.78 is 26.2. The minimum absolute atomic E-state index is 0.0608. The highest BCUT2D eigenvalue weighted by Crippen LogP contribution is 2.36. The predicted molar refractivity (Wildman–Crippen MR) is 44.4 cm³/mol. The standard InChI is InChI=1S/C8H11F2NO4/c1-5(12)11-3-2-7(15,4-11)8(9,10)6(13)14/h15H,2-4H2,1H3,(H,13,14). The van der Waals surface area contributed by atoms with Gasteiger partial charge in [0.2, 0.25) is 5.91 Å². The molecule has 1 atom stereocenters. The van der Waals surface area contributed by atoms with E-state index in [1.54, 1.807) is 0 Å². The van der Waals surface area contributed by atoms with E-state index in [-0.39, 0.29) is 6.54 Å². The maximum atomic E-state index is 13.1. The van der Waals surface area contributed by atoms with Gasteiger partial charge < -0.3 is 15.1 Å². The molecule has 1 fully saturated rings. The molecule has 7 heteroatoms. The van der Waals surface area contributed by atoms with E-state index in [0.717, 1.165) is 4.90 Å². The zero-order chi connectivity index (χ0) is 11.9. The van der Waals surface area contributed by atoms with E-state index in [2.05, 4.69) is 0 Å². The Morgan fingerprint density at radius 2 is 2.00 bits per heavy atom. The maximum absolute atomic E-state index is 13.1. The molecule has 0 aromatic rings. The summed E-state index contributed by atoms with van der Waals surface area (Å²) >= 11 is 0. The van der Waals surface area contributed by atoms with E-state index >= 15 is 0 Å². The van der Waals surface area contributed by atoms with Crippen molar-refractivity contribution in [1.29, 1.82) is 0 Å². The smallest absolute Gasteiger partial charge is 0.377 e. The van der Waals surface area contributed by atoms with Crippen LogP contribution in [0.5, 0.6) is 0 Å². The Bertz CT molecular complexity index is 307. The molecule has 1 amide bonds. The van der Waals surface area contributed by atoms with Gasteiger partial charge in [-0.2, -0.15) is 8.78 Å². The molecule has 1 aliphatic rings. The van der Waals surface area contributed by atoms with E-state index in [9.17, 15) is 23.5 Å². The molecular formula is C8H11F2NO4. The number of nitrogens with zero attached hydrogens (tertiary/aromatic N) is 1. The van der Waals surface area contributed by atoms with Gasteiger partial charge in [0.15, 0.2) is 5.60 Å². The molecule has 0 aliphatic carbocycles. The van der Waals surface area contributed by atoms with Crippen molar-refractivity contribution in [3.05, 3.63) is 0 Å². The lowest BCUT2D eigenvalue weighted by Crippen LogP contribution is -2.55. The molecule has 15 heavy (non-hydrogen) atoms. The van der Waals surface area contributed by atoms with Gasteiger partial charge in [-0.25, -0.2) is 4.79 Å². The lowest BCUT2D eigenvalue weighted by atomic mass is 9.95. The second-order valence-electron chi connectivity index (χ2n) is 3.60. The number of likely N-dealkylation sites (tertiary alicyclic amines) is 1. The number of alkyl halides is 2. The van der Waals surface area contributed by atoms with Gasteiger partial charge in [0, 0.05) is 19.9 Å². The van der Waals surface area contributed by atoms with Gasteiger partial charge in [-0.05, 0) is 0 Å². The summed E-state index contributed by atoms with van der Waals surface area (Å²) in [4.78, 5) is 22.1. The van der Waals surface area contributed by atoms with Gasteiger partial charge in [-0.15, -0.1) is 0 Å². The second-order valence-corrected chi connectivity index (χ2v) is 3.60. The Labute approximate surface area is 84.3 Å². The van der Waals surface area contributed by atoms with Crippen molar-refractivity contribution in [2.24, 2.45) is 0 Å². The highest BCUT2D eigenvalue weighted by Gasteiger charge is 2.61. The minimum atomic E-state index is -4.24. The summed E-state index contributed by atoms with van der Waals surface area (Å²) in [5.41, 5.74) is -2.66. The van der Waals surface area contributed by atoms with Crippen LogP contribution >= 0.6 is 0 Å². The summed E-state index contributed by atoms with van der Waals surface area (Å²) in [6.07, 6.45) is -0.439. The van der Waals surface area contributed by atoms with Crippen LogP contribution in [-0.4, -0.2) is 51.6 Å². The van der Waals surface area contributed by atoms with Crippen LogP contribution in [0, 0.1) is 0 Å². The number of aliphatic carboxylic acids is 1. The average molecular weight is 223 g/mol. The first kappa shape index (κ1) is 11.8. The summed E-state index contributed by atoms with van der Waals surface area (Å²) in [6, 6.07) is 0. The van der Waals surface area contributed by atoms with Crippen LogP contribution < -0.4 is 0 Å². The number of hydrogen-bond donors (Lipinski definition) is 2. The van der Waals surface area contributed by atoms with Crippen molar-refractivity contribution in [2.75, 3.05) is 13.1 Å². The van der Waals surface area contributed by atoms with E-state index in [1.165, 1.54) is 6.92 Å². The number of carbonyl (C=O) groups excluding carboxylic acids is 1. The average Bonchev–Trinajstić information content (AvgIpc) is 2.49. The van der Waals surface area contributed by atoms with E-state index in [0.29, 0.717) is 0 Å². The van der Waals surface area contributed by atoms with Crippen LogP contribution in [0.3, 0.4) is 0 Å². The Hall–Kier alpha value is -1.24. The van der Waals surface area contributed by atoms with Gasteiger partial charge in [0.05, 0.1) is 6.54 Å². The van der Waals surface area contributed by atoms with Crippen molar-refractivity contribution < 1.29 is 28.6 Å². The van der Waals surface area contributed by atoms with Crippen LogP contribution in [0.2, 0.25) is 0 Å². The lowest BCUT2D eigenvalue weighted by Gasteiger charge is -2.28. The molecule has 1 saturated heterocycles. The number of halogens is 2. The number of amides is 1. The fourth-order valence-corrected chi connectivity index (χ4v) is 1.52. The van der Waals surface area contributed by atoms with Crippen LogP contribution in [0.1, 0.15) is 13.3 Å². The fourth-order valence-electron chi connectivity index (χ4n) is 1.52. The Morgan fingerprint density at radius 1 is 1.47 bits per heavy atom. The van der Waals surface area contributed by atoms with Gasteiger partial charge in [-0.3, -0.25) is 4.79 Å². The Balaban J connectivity index is 2.88. The van der Waals surface area contributed by atoms with E-state index < -0.39 is 36.4 Å². The molecule has 0 aromatic heterocycles. The zero-order valence-corrected chi connectivity index (χ0v) is 8.04. The molecule has 0 spiro atoms. The number of carboxylic acids is 1. The first-order valence-corrected chi connectivity index (χ1v) is 4.30. The van der Waals surface area contributed by atoms with Gasteiger partial charge in [0.25, 0.3) is 0 Å². The first-order chi connectivity index (χ1) is 6.71. The molecule has 0 radical (unpaired) electrons. The monoisotopic (exact) mass is 223 g/mol. The highest BCUT2D eigenvalue weighted by molar-refractivity contribution is 5.78. The zero-order valence-electron chi connectivity index (χ0n) is 8.04. The van der Waals surface area contributed by atoms with Crippen LogP contribution in [0.4, 0.5) is 8.78 Å². The largest absolute Gasteiger partial charge is 0.477 e. The third-order valence-electron chi connectivity index (χ3n) is 2.55.